The largest absolute Gasteiger partial charge is 0.375 e. The van der Waals surface area contributed by atoms with Gasteiger partial charge in [0.1, 0.15) is 0 Å². The molecule has 20 heavy (non-hydrogen) atoms. The van der Waals surface area contributed by atoms with E-state index in [4.69, 9.17) is 4.74 Å². The summed E-state index contributed by atoms with van der Waals surface area (Å²) in [7, 11) is 4.16. The molecule has 0 unspecified atom stereocenters. The van der Waals surface area contributed by atoms with Crippen LogP contribution in [0.15, 0.2) is 0 Å². The van der Waals surface area contributed by atoms with Crippen molar-refractivity contribution in [3.8, 4) is 0 Å². The zero-order valence-corrected chi connectivity index (χ0v) is 13.3. The van der Waals surface area contributed by atoms with Crippen LogP contribution in [0.1, 0.15) is 20.3 Å². The number of hydrogen-bond acceptors (Lipinski definition) is 4. The first-order valence-electron chi connectivity index (χ1n) is 7.75. The van der Waals surface area contributed by atoms with Crippen LogP contribution >= 0.6 is 0 Å². The quantitative estimate of drug-likeness (QED) is 0.756. The maximum atomic E-state index is 12.4. The van der Waals surface area contributed by atoms with Crippen LogP contribution in [0.4, 0.5) is 0 Å². The van der Waals surface area contributed by atoms with Gasteiger partial charge in [-0.1, -0.05) is 0 Å². The highest BCUT2D eigenvalue weighted by Gasteiger charge is 2.34. The van der Waals surface area contributed by atoms with E-state index in [1.807, 2.05) is 11.9 Å². The number of likely N-dealkylation sites (tertiary alicyclic amines) is 1. The molecule has 2 aliphatic heterocycles. The summed E-state index contributed by atoms with van der Waals surface area (Å²) in [6.45, 7) is 9.26. The zero-order valence-electron chi connectivity index (χ0n) is 13.3. The second kappa shape index (κ2) is 6.87. The fraction of sp³-hybridized carbons (Fsp3) is 0.933. The number of ether oxygens (including phenoxy) is 1. The fourth-order valence-corrected chi connectivity index (χ4v) is 2.94. The molecule has 5 heteroatoms. The third-order valence-corrected chi connectivity index (χ3v) is 4.67. The Balaban J connectivity index is 1.88. The first-order valence-corrected chi connectivity index (χ1v) is 7.75. The third kappa shape index (κ3) is 3.93. The molecule has 2 rings (SSSR count). The van der Waals surface area contributed by atoms with E-state index in [-0.39, 0.29) is 12.0 Å². The molecule has 0 bridgehead atoms. The summed E-state index contributed by atoms with van der Waals surface area (Å²) >= 11 is 0. The van der Waals surface area contributed by atoms with Gasteiger partial charge in [0.15, 0.2) is 0 Å². The molecule has 0 N–H and O–H groups in total. The van der Waals surface area contributed by atoms with Crippen molar-refractivity contribution in [1.82, 2.24) is 14.7 Å². The molecular weight excluding hydrogens is 254 g/mol. The lowest BCUT2D eigenvalue weighted by Gasteiger charge is -2.38. The molecule has 0 aromatic heterocycles. The summed E-state index contributed by atoms with van der Waals surface area (Å²) in [4.78, 5) is 18.8. The Kier molecular flexibility index (Phi) is 5.41. The molecule has 0 aliphatic carbocycles. The van der Waals surface area contributed by atoms with Crippen molar-refractivity contribution >= 4 is 5.91 Å². The van der Waals surface area contributed by atoms with Crippen molar-refractivity contribution in [2.24, 2.45) is 5.92 Å². The summed E-state index contributed by atoms with van der Waals surface area (Å²) in [5.74, 6) is 0.815. The Morgan fingerprint density at radius 2 is 2.10 bits per heavy atom. The summed E-state index contributed by atoms with van der Waals surface area (Å²) in [5, 5.41) is 0. The molecule has 1 amide bonds. The van der Waals surface area contributed by atoms with Crippen molar-refractivity contribution in [1.29, 1.82) is 0 Å². The summed E-state index contributed by atoms with van der Waals surface area (Å²) in [5.41, 5.74) is 0. The van der Waals surface area contributed by atoms with E-state index in [9.17, 15) is 4.79 Å². The molecular formula is C15H29N3O2. The summed E-state index contributed by atoms with van der Waals surface area (Å²) < 4.78 is 5.96. The van der Waals surface area contributed by atoms with Crippen LogP contribution in [0, 0.1) is 5.92 Å². The number of hydrogen-bond donors (Lipinski definition) is 0. The number of amides is 1. The Hall–Kier alpha value is -0.650. The van der Waals surface area contributed by atoms with Gasteiger partial charge in [0, 0.05) is 38.1 Å². The zero-order chi connectivity index (χ0) is 14.7. The number of carbonyl (C=O) groups excluding carboxylic acids is 1. The monoisotopic (exact) mass is 283 g/mol. The smallest absolute Gasteiger partial charge is 0.236 e. The normalized spacial score (nSPS) is 28.6. The SMILES string of the molecule is CC(C)N(C)CC(=O)N1CC[C@@H]2CN(C)CCO[C@@H]2C1. The lowest BCUT2D eigenvalue weighted by atomic mass is 9.93. The van der Waals surface area contributed by atoms with Crippen LogP contribution in [-0.2, 0) is 9.53 Å². The molecule has 0 aromatic carbocycles. The predicted molar refractivity (Wildman–Crippen MR) is 79.7 cm³/mol. The first-order chi connectivity index (χ1) is 9.47. The lowest BCUT2D eigenvalue weighted by molar-refractivity contribution is -0.138. The minimum absolute atomic E-state index is 0.224. The number of nitrogens with zero attached hydrogens (tertiary/aromatic N) is 3. The van der Waals surface area contributed by atoms with Gasteiger partial charge in [-0.05, 0) is 34.4 Å². The van der Waals surface area contributed by atoms with Gasteiger partial charge in [0.05, 0.1) is 19.3 Å². The third-order valence-electron chi connectivity index (χ3n) is 4.67. The van der Waals surface area contributed by atoms with E-state index in [1.54, 1.807) is 0 Å². The second-order valence-electron chi connectivity index (χ2n) is 6.57. The molecule has 0 radical (unpaired) electrons. The van der Waals surface area contributed by atoms with Gasteiger partial charge in [-0.3, -0.25) is 9.69 Å². The second-order valence-corrected chi connectivity index (χ2v) is 6.57. The Bertz CT molecular complexity index is 335. The van der Waals surface area contributed by atoms with E-state index < -0.39 is 0 Å². The van der Waals surface area contributed by atoms with Gasteiger partial charge in [-0.15, -0.1) is 0 Å². The molecule has 2 heterocycles. The highest BCUT2D eigenvalue weighted by molar-refractivity contribution is 5.78. The molecule has 116 valence electrons. The first kappa shape index (κ1) is 15.7. The molecule has 2 fully saturated rings. The predicted octanol–water partition coefficient (Wildman–Crippen LogP) is 0.506. The van der Waals surface area contributed by atoms with Crippen molar-refractivity contribution in [2.75, 3.05) is 53.4 Å². The van der Waals surface area contributed by atoms with E-state index in [0.717, 1.165) is 39.2 Å². The number of likely N-dealkylation sites (N-methyl/N-ethyl adjacent to an activating group) is 2. The van der Waals surface area contributed by atoms with Gasteiger partial charge in [0.25, 0.3) is 0 Å². The van der Waals surface area contributed by atoms with Crippen LogP contribution in [0.2, 0.25) is 0 Å². The van der Waals surface area contributed by atoms with Gasteiger partial charge in [-0.25, -0.2) is 0 Å². The average Bonchev–Trinajstić information content (AvgIpc) is 2.58. The van der Waals surface area contributed by atoms with E-state index in [2.05, 4.69) is 30.7 Å². The van der Waals surface area contributed by atoms with Gasteiger partial charge in [-0.2, -0.15) is 0 Å². The number of carbonyl (C=O) groups is 1. The van der Waals surface area contributed by atoms with E-state index in [0.29, 0.717) is 18.5 Å². The number of rotatable bonds is 3. The molecule has 2 aliphatic rings. The lowest BCUT2D eigenvalue weighted by Crippen LogP contribution is -2.51. The number of fused-ring (bicyclic) bond motifs is 1. The standard InChI is InChI=1S/C15H29N3O2/c1-12(2)17(4)11-15(19)18-6-5-13-9-16(3)7-8-20-14(13)10-18/h12-14H,5-11H2,1-4H3/t13-,14-/m1/s1. The average molecular weight is 283 g/mol. The van der Waals surface area contributed by atoms with Gasteiger partial charge >= 0.3 is 0 Å². The van der Waals surface area contributed by atoms with Gasteiger partial charge < -0.3 is 14.5 Å². The topological polar surface area (TPSA) is 36.0 Å². The maximum absolute atomic E-state index is 12.4. The van der Waals surface area contributed by atoms with Crippen LogP contribution in [-0.4, -0.2) is 86.2 Å². The molecule has 2 saturated heterocycles. The molecule has 0 saturated carbocycles. The summed E-state index contributed by atoms with van der Waals surface area (Å²) in [6, 6.07) is 0.402. The molecule has 5 nitrogen and oxygen atoms in total. The number of piperidine rings is 1. The minimum Gasteiger partial charge on any atom is -0.375 e. The minimum atomic E-state index is 0.224. The molecule has 0 spiro atoms. The van der Waals surface area contributed by atoms with Crippen molar-refractivity contribution in [2.45, 2.75) is 32.4 Å². The summed E-state index contributed by atoms with van der Waals surface area (Å²) in [6.07, 6.45) is 1.29. The van der Waals surface area contributed by atoms with Crippen molar-refractivity contribution < 1.29 is 9.53 Å². The van der Waals surface area contributed by atoms with Crippen LogP contribution in [0.5, 0.6) is 0 Å². The molecule has 2 atom stereocenters. The highest BCUT2D eigenvalue weighted by atomic mass is 16.5. The van der Waals surface area contributed by atoms with Crippen molar-refractivity contribution in [3.63, 3.8) is 0 Å². The van der Waals surface area contributed by atoms with Crippen LogP contribution < -0.4 is 0 Å². The molecule has 0 aromatic rings. The Morgan fingerprint density at radius 1 is 1.35 bits per heavy atom. The van der Waals surface area contributed by atoms with Gasteiger partial charge in [0.2, 0.25) is 5.91 Å². The van der Waals surface area contributed by atoms with E-state index >= 15 is 0 Å². The fourth-order valence-electron chi connectivity index (χ4n) is 2.94. The van der Waals surface area contributed by atoms with Crippen molar-refractivity contribution in [3.05, 3.63) is 0 Å². The van der Waals surface area contributed by atoms with E-state index in [1.165, 1.54) is 0 Å². The highest BCUT2D eigenvalue weighted by Crippen LogP contribution is 2.23. The Labute approximate surface area is 122 Å². The van der Waals surface area contributed by atoms with Crippen LogP contribution in [0.25, 0.3) is 0 Å². The van der Waals surface area contributed by atoms with Crippen LogP contribution in [0.3, 0.4) is 0 Å². The Morgan fingerprint density at radius 3 is 2.80 bits per heavy atom. The maximum Gasteiger partial charge on any atom is 0.236 e.